The molecule has 0 aromatic heterocycles. The minimum absolute atomic E-state index is 0.0976. The van der Waals surface area contributed by atoms with Crippen LogP contribution in [0.1, 0.15) is 74.2 Å². The molecule has 5 rings (SSSR count). The molecular weight excluding hydrogens is 422 g/mol. The molecule has 2 aromatic carbocycles. The van der Waals surface area contributed by atoms with Gasteiger partial charge in [-0.05, 0) is 86.1 Å². The van der Waals surface area contributed by atoms with Gasteiger partial charge in [-0.2, -0.15) is 0 Å². The standard InChI is InChI=1S/C29H37N3O2/c1-3-28(24-10-5-4-6-11-24)16-18-29(19-17-28)21-31(27(34)32(29)20-22-8-7-9-22)25-14-12-23(13-15-25)26(33)30-2/h4-6,10-15,22H,3,7-9,16-21H2,1-2H3,(H,30,33)/t28-,29-. The third-order valence-electron chi connectivity index (χ3n) is 9.02. The van der Waals surface area contributed by atoms with Gasteiger partial charge in [0.15, 0.2) is 0 Å². The van der Waals surface area contributed by atoms with Crippen molar-refractivity contribution in [3.05, 3.63) is 65.7 Å². The Balaban J connectivity index is 1.41. The first kappa shape index (κ1) is 22.9. The second kappa shape index (κ2) is 9.09. The summed E-state index contributed by atoms with van der Waals surface area (Å²) in [6.45, 7) is 3.94. The Morgan fingerprint density at radius 3 is 2.24 bits per heavy atom. The van der Waals surface area contributed by atoms with Crippen LogP contribution in [-0.2, 0) is 5.41 Å². The van der Waals surface area contributed by atoms with Crippen molar-refractivity contribution in [2.45, 2.75) is 69.2 Å². The van der Waals surface area contributed by atoms with Crippen LogP contribution in [0.15, 0.2) is 54.6 Å². The van der Waals surface area contributed by atoms with Gasteiger partial charge in [0.05, 0.1) is 12.1 Å². The van der Waals surface area contributed by atoms with Gasteiger partial charge in [0.2, 0.25) is 0 Å². The van der Waals surface area contributed by atoms with E-state index >= 15 is 0 Å². The molecule has 0 atom stereocenters. The van der Waals surface area contributed by atoms with Crippen LogP contribution in [0.3, 0.4) is 0 Å². The van der Waals surface area contributed by atoms with Crippen molar-refractivity contribution in [3.63, 3.8) is 0 Å². The molecule has 0 bridgehead atoms. The van der Waals surface area contributed by atoms with Crippen LogP contribution in [0.5, 0.6) is 0 Å². The fourth-order valence-corrected chi connectivity index (χ4v) is 6.40. The molecule has 0 unspecified atom stereocenters. The lowest BCUT2D eigenvalue weighted by Gasteiger charge is -2.49. The Labute approximate surface area is 203 Å². The number of carbonyl (C=O) groups is 2. The van der Waals surface area contributed by atoms with Gasteiger partial charge in [0.1, 0.15) is 0 Å². The van der Waals surface area contributed by atoms with Crippen molar-refractivity contribution >= 4 is 17.6 Å². The minimum Gasteiger partial charge on any atom is -0.355 e. The monoisotopic (exact) mass is 459 g/mol. The summed E-state index contributed by atoms with van der Waals surface area (Å²) in [4.78, 5) is 30.0. The number of benzene rings is 2. The van der Waals surface area contributed by atoms with Crippen molar-refractivity contribution in [2.75, 3.05) is 25.0 Å². The summed E-state index contributed by atoms with van der Waals surface area (Å²) in [5.41, 5.74) is 3.07. The number of anilines is 1. The Morgan fingerprint density at radius 2 is 1.68 bits per heavy atom. The lowest BCUT2D eigenvalue weighted by Crippen LogP contribution is -2.53. The Morgan fingerprint density at radius 1 is 1.00 bits per heavy atom. The highest BCUT2D eigenvalue weighted by atomic mass is 16.2. The van der Waals surface area contributed by atoms with E-state index in [0.717, 1.165) is 50.9 Å². The second-order valence-corrected chi connectivity index (χ2v) is 10.6. The average molecular weight is 460 g/mol. The number of carbonyl (C=O) groups excluding carboxylic acids is 2. The van der Waals surface area contributed by atoms with Crippen LogP contribution in [0.2, 0.25) is 0 Å². The lowest BCUT2D eigenvalue weighted by molar-refractivity contribution is 0.0648. The topological polar surface area (TPSA) is 52.7 Å². The maximum atomic E-state index is 13.8. The fourth-order valence-electron chi connectivity index (χ4n) is 6.40. The number of hydrogen-bond donors (Lipinski definition) is 1. The number of nitrogens with one attached hydrogen (secondary N) is 1. The molecule has 3 fully saturated rings. The van der Waals surface area contributed by atoms with Gasteiger partial charge < -0.3 is 10.2 Å². The molecular formula is C29H37N3O2. The normalized spacial score (nSPS) is 27.2. The van der Waals surface area contributed by atoms with Gasteiger partial charge in [0, 0.05) is 24.8 Å². The molecule has 1 aliphatic heterocycles. The van der Waals surface area contributed by atoms with Gasteiger partial charge >= 0.3 is 6.03 Å². The molecule has 2 aliphatic carbocycles. The molecule has 5 heteroatoms. The predicted octanol–water partition coefficient (Wildman–Crippen LogP) is 5.75. The van der Waals surface area contributed by atoms with Crippen molar-refractivity contribution < 1.29 is 9.59 Å². The summed E-state index contributed by atoms with van der Waals surface area (Å²) in [6, 6.07) is 18.6. The Kier molecular flexibility index (Phi) is 6.13. The smallest absolute Gasteiger partial charge is 0.325 e. The van der Waals surface area contributed by atoms with Crippen LogP contribution in [0, 0.1) is 5.92 Å². The Hall–Kier alpha value is -2.82. The first-order valence-corrected chi connectivity index (χ1v) is 13.0. The molecule has 1 heterocycles. The fraction of sp³-hybridized carbons (Fsp3) is 0.517. The predicted molar refractivity (Wildman–Crippen MR) is 136 cm³/mol. The first-order valence-electron chi connectivity index (χ1n) is 13.0. The zero-order valence-corrected chi connectivity index (χ0v) is 20.6. The van der Waals surface area contributed by atoms with Crippen molar-refractivity contribution in [1.82, 2.24) is 10.2 Å². The van der Waals surface area contributed by atoms with E-state index in [2.05, 4.69) is 47.5 Å². The quantitative estimate of drug-likeness (QED) is 0.598. The number of nitrogens with zero attached hydrogens (tertiary/aromatic N) is 2. The van der Waals surface area contributed by atoms with Crippen LogP contribution in [0.4, 0.5) is 10.5 Å². The van der Waals surface area contributed by atoms with Gasteiger partial charge in [-0.25, -0.2) is 4.79 Å². The lowest BCUT2D eigenvalue weighted by atomic mass is 9.62. The molecule has 2 aromatic rings. The molecule has 5 nitrogen and oxygen atoms in total. The van der Waals surface area contributed by atoms with Crippen LogP contribution in [0.25, 0.3) is 0 Å². The third kappa shape index (κ3) is 3.89. The molecule has 3 amide bonds. The average Bonchev–Trinajstić information content (AvgIpc) is 3.13. The number of urea groups is 1. The van der Waals surface area contributed by atoms with Crippen LogP contribution < -0.4 is 10.2 Å². The van der Waals surface area contributed by atoms with E-state index in [0.29, 0.717) is 11.5 Å². The maximum absolute atomic E-state index is 13.8. The van der Waals surface area contributed by atoms with E-state index in [9.17, 15) is 9.59 Å². The van der Waals surface area contributed by atoms with Crippen LogP contribution in [-0.4, -0.2) is 42.5 Å². The summed E-state index contributed by atoms with van der Waals surface area (Å²) in [5, 5.41) is 2.67. The molecule has 1 saturated heterocycles. The second-order valence-electron chi connectivity index (χ2n) is 10.6. The van der Waals surface area contributed by atoms with E-state index in [1.165, 1.54) is 24.8 Å². The van der Waals surface area contributed by atoms with E-state index in [4.69, 9.17) is 0 Å². The van der Waals surface area contributed by atoms with Gasteiger partial charge in [0.25, 0.3) is 5.91 Å². The maximum Gasteiger partial charge on any atom is 0.325 e. The summed E-state index contributed by atoms with van der Waals surface area (Å²) in [5.74, 6) is 0.537. The highest BCUT2D eigenvalue weighted by Gasteiger charge is 2.54. The van der Waals surface area contributed by atoms with E-state index in [1.807, 2.05) is 29.2 Å². The molecule has 3 aliphatic rings. The molecule has 2 saturated carbocycles. The van der Waals surface area contributed by atoms with Crippen molar-refractivity contribution in [3.8, 4) is 0 Å². The van der Waals surface area contributed by atoms with Gasteiger partial charge in [-0.1, -0.05) is 43.7 Å². The van der Waals surface area contributed by atoms with Gasteiger partial charge in [-0.15, -0.1) is 0 Å². The summed E-state index contributed by atoms with van der Waals surface area (Å²) < 4.78 is 0. The highest BCUT2D eigenvalue weighted by Crippen LogP contribution is 2.50. The summed E-state index contributed by atoms with van der Waals surface area (Å²) >= 11 is 0. The number of hydrogen-bond acceptors (Lipinski definition) is 2. The SMILES string of the molecule is CC[C@]1(c2ccccc2)CC[C@]2(CC1)CN(c1ccc(C(=O)NC)cc1)C(=O)N2CC1CCC1. The first-order chi connectivity index (χ1) is 16.5. The zero-order chi connectivity index (χ0) is 23.8. The van der Waals surface area contributed by atoms with E-state index < -0.39 is 0 Å². The molecule has 34 heavy (non-hydrogen) atoms. The summed E-state index contributed by atoms with van der Waals surface area (Å²) in [6.07, 6.45) is 9.22. The molecule has 1 N–H and O–H groups in total. The molecule has 0 radical (unpaired) electrons. The van der Waals surface area contributed by atoms with Crippen molar-refractivity contribution in [2.24, 2.45) is 5.92 Å². The Bertz CT molecular complexity index is 1020. The van der Waals surface area contributed by atoms with E-state index in [-0.39, 0.29) is 22.9 Å². The van der Waals surface area contributed by atoms with E-state index in [1.54, 1.807) is 7.05 Å². The highest BCUT2D eigenvalue weighted by molar-refractivity contribution is 5.97. The van der Waals surface area contributed by atoms with Crippen molar-refractivity contribution in [1.29, 1.82) is 0 Å². The number of rotatable bonds is 6. The van der Waals surface area contributed by atoms with Gasteiger partial charge in [-0.3, -0.25) is 9.69 Å². The summed E-state index contributed by atoms with van der Waals surface area (Å²) in [7, 11) is 1.64. The molecule has 180 valence electrons. The third-order valence-corrected chi connectivity index (χ3v) is 9.02. The zero-order valence-electron chi connectivity index (χ0n) is 20.6. The minimum atomic E-state index is -0.105. The largest absolute Gasteiger partial charge is 0.355 e. The molecule has 1 spiro atoms. The number of amides is 3. The van der Waals surface area contributed by atoms with Crippen LogP contribution >= 0.6 is 0 Å².